The molecule has 0 fully saturated rings. The van der Waals surface area contributed by atoms with Crippen LogP contribution in [0.4, 0.5) is 5.69 Å². The highest BCUT2D eigenvalue weighted by Gasteiger charge is 2.15. The Balaban J connectivity index is 3.33. The Morgan fingerprint density at radius 3 is 2.65 bits per heavy atom. The van der Waals surface area contributed by atoms with Crippen LogP contribution in [-0.2, 0) is 10.0 Å². The van der Waals surface area contributed by atoms with E-state index in [0.29, 0.717) is 5.69 Å². The quantitative estimate of drug-likeness (QED) is 0.476. The zero-order valence-corrected chi connectivity index (χ0v) is 10.6. The van der Waals surface area contributed by atoms with Crippen LogP contribution in [0, 0.1) is 0 Å². The van der Waals surface area contributed by atoms with Crippen molar-refractivity contribution in [1.82, 2.24) is 0 Å². The molecule has 8 heteroatoms. The molecule has 4 N–H and O–H groups in total. The van der Waals surface area contributed by atoms with Gasteiger partial charge in [0.05, 0.1) is 18.7 Å². The maximum Gasteiger partial charge on any atom is 0.241 e. The summed E-state index contributed by atoms with van der Waals surface area (Å²) in [4.78, 5) is 3.76. The summed E-state index contributed by atoms with van der Waals surface area (Å²) in [5.74, 6) is 0.379. The highest BCUT2D eigenvalue weighted by molar-refractivity contribution is 7.89. The van der Waals surface area contributed by atoms with Crippen LogP contribution in [0.3, 0.4) is 0 Å². The molecule has 1 aromatic rings. The van der Waals surface area contributed by atoms with E-state index in [4.69, 9.17) is 27.2 Å². The maximum atomic E-state index is 11.3. The lowest BCUT2D eigenvalue weighted by molar-refractivity contribution is 0.403. The molecular weight excluding hydrogens is 266 g/mol. The number of nitrogens with zero attached hydrogens (tertiary/aromatic N) is 1. The van der Waals surface area contributed by atoms with Gasteiger partial charge in [0.25, 0.3) is 0 Å². The molecule has 0 amide bonds. The summed E-state index contributed by atoms with van der Waals surface area (Å²) in [7, 11) is -2.53. The molecule has 0 saturated carbocycles. The lowest BCUT2D eigenvalue weighted by atomic mass is 10.3. The molecule has 17 heavy (non-hydrogen) atoms. The van der Waals surface area contributed by atoms with Gasteiger partial charge in [0.2, 0.25) is 10.0 Å². The number of methoxy groups -OCH3 is 1. The fourth-order valence-corrected chi connectivity index (χ4v) is 1.93. The number of nitrogens with two attached hydrogens (primary N) is 2. The number of rotatable bonds is 4. The molecule has 0 aliphatic carbocycles. The van der Waals surface area contributed by atoms with Gasteiger partial charge in [-0.15, -0.1) is 11.6 Å². The van der Waals surface area contributed by atoms with Crippen LogP contribution >= 0.6 is 11.6 Å². The Bertz CT molecular complexity index is 542. The van der Waals surface area contributed by atoms with E-state index < -0.39 is 10.0 Å². The van der Waals surface area contributed by atoms with Crippen LogP contribution < -0.4 is 15.6 Å². The third kappa shape index (κ3) is 3.58. The van der Waals surface area contributed by atoms with E-state index in [0.717, 1.165) is 0 Å². The molecule has 0 radical (unpaired) electrons. The van der Waals surface area contributed by atoms with Crippen LogP contribution in [0.25, 0.3) is 0 Å². The summed E-state index contributed by atoms with van der Waals surface area (Å²) in [5.41, 5.74) is 5.78. The summed E-state index contributed by atoms with van der Waals surface area (Å²) in [6.45, 7) is 0. The Hall–Kier alpha value is -1.31. The van der Waals surface area contributed by atoms with Gasteiger partial charge >= 0.3 is 0 Å². The number of hydrogen-bond acceptors (Lipinski definition) is 4. The van der Waals surface area contributed by atoms with Gasteiger partial charge in [0.1, 0.15) is 16.5 Å². The van der Waals surface area contributed by atoms with Crippen LogP contribution in [0.15, 0.2) is 28.1 Å². The molecule has 6 nitrogen and oxygen atoms in total. The Kier molecular flexibility index (Phi) is 4.33. The number of alkyl halides is 1. The molecule has 0 saturated heterocycles. The van der Waals surface area contributed by atoms with Crippen molar-refractivity contribution >= 4 is 33.1 Å². The number of sulfonamides is 1. The van der Waals surface area contributed by atoms with Crippen molar-refractivity contribution in [3.05, 3.63) is 18.2 Å². The first kappa shape index (κ1) is 13.8. The van der Waals surface area contributed by atoms with Crippen LogP contribution in [0.1, 0.15) is 0 Å². The minimum atomic E-state index is -3.88. The van der Waals surface area contributed by atoms with Crippen molar-refractivity contribution in [2.75, 3.05) is 13.0 Å². The first-order valence-corrected chi connectivity index (χ1v) is 6.56. The Labute approximate surface area is 104 Å². The second-order valence-electron chi connectivity index (χ2n) is 3.12. The summed E-state index contributed by atoms with van der Waals surface area (Å²) in [6, 6.07) is 4.26. The third-order valence-electron chi connectivity index (χ3n) is 1.86. The zero-order valence-electron chi connectivity index (χ0n) is 9.05. The average Bonchev–Trinajstić information content (AvgIpc) is 2.27. The summed E-state index contributed by atoms with van der Waals surface area (Å²) < 4.78 is 27.5. The molecule has 1 aromatic carbocycles. The van der Waals surface area contributed by atoms with Gasteiger partial charge in [-0.1, -0.05) is 0 Å². The van der Waals surface area contributed by atoms with Crippen molar-refractivity contribution < 1.29 is 13.2 Å². The molecule has 0 unspecified atom stereocenters. The number of primary sulfonamides is 1. The minimum Gasteiger partial charge on any atom is -0.495 e. The molecule has 0 atom stereocenters. The predicted octanol–water partition coefficient (Wildman–Crippen LogP) is 0.570. The molecular formula is C9H12ClN3O3S. The van der Waals surface area contributed by atoms with Gasteiger partial charge < -0.3 is 10.5 Å². The van der Waals surface area contributed by atoms with Crippen molar-refractivity contribution in [1.29, 1.82) is 0 Å². The number of amidine groups is 1. The van der Waals surface area contributed by atoms with Gasteiger partial charge in [0.15, 0.2) is 0 Å². The topological polar surface area (TPSA) is 108 Å². The van der Waals surface area contributed by atoms with E-state index in [1.54, 1.807) is 6.07 Å². The van der Waals surface area contributed by atoms with Gasteiger partial charge in [0, 0.05) is 0 Å². The first-order valence-electron chi connectivity index (χ1n) is 4.48. The summed E-state index contributed by atoms with van der Waals surface area (Å²) in [5, 5.41) is 5.05. The zero-order chi connectivity index (χ0) is 13.1. The fourth-order valence-electron chi connectivity index (χ4n) is 1.15. The Morgan fingerprint density at radius 2 is 2.18 bits per heavy atom. The van der Waals surface area contributed by atoms with Crippen molar-refractivity contribution in [2.24, 2.45) is 15.9 Å². The number of benzene rings is 1. The molecule has 0 bridgehead atoms. The van der Waals surface area contributed by atoms with Gasteiger partial charge in [-0.25, -0.2) is 18.5 Å². The van der Waals surface area contributed by atoms with E-state index in [-0.39, 0.29) is 22.4 Å². The molecule has 0 heterocycles. The van der Waals surface area contributed by atoms with E-state index in [9.17, 15) is 8.42 Å². The normalized spacial score (nSPS) is 12.5. The molecule has 0 aliphatic rings. The smallest absolute Gasteiger partial charge is 0.241 e. The molecule has 0 aromatic heterocycles. The average molecular weight is 278 g/mol. The van der Waals surface area contributed by atoms with Gasteiger partial charge in [-0.05, 0) is 18.2 Å². The van der Waals surface area contributed by atoms with Crippen molar-refractivity contribution in [3.8, 4) is 5.75 Å². The van der Waals surface area contributed by atoms with Crippen LogP contribution in [-0.4, -0.2) is 27.2 Å². The van der Waals surface area contributed by atoms with E-state index in [2.05, 4.69) is 4.99 Å². The number of aliphatic imine (C=N–C) groups is 1. The first-order chi connectivity index (χ1) is 7.88. The van der Waals surface area contributed by atoms with Crippen LogP contribution in [0.2, 0.25) is 0 Å². The number of hydrogen-bond donors (Lipinski definition) is 2. The molecule has 1 rings (SSSR count). The highest BCUT2D eigenvalue weighted by atomic mass is 35.5. The predicted molar refractivity (Wildman–Crippen MR) is 66.4 cm³/mol. The number of ether oxygens (including phenoxy) is 1. The molecule has 94 valence electrons. The molecule has 0 aliphatic heterocycles. The maximum absolute atomic E-state index is 11.3. The number of halogens is 1. The van der Waals surface area contributed by atoms with Crippen molar-refractivity contribution in [3.63, 3.8) is 0 Å². The lowest BCUT2D eigenvalue weighted by Crippen LogP contribution is -2.14. The molecule has 0 spiro atoms. The van der Waals surface area contributed by atoms with Gasteiger partial charge in [-0.2, -0.15) is 0 Å². The summed E-state index contributed by atoms with van der Waals surface area (Å²) >= 11 is 5.47. The SMILES string of the molecule is COc1ccc(N=C(N)CCl)cc1S(N)(=O)=O. The second-order valence-corrected chi connectivity index (χ2v) is 4.91. The highest BCUT2D eigenvalue weighted by Crippen LogP contribution is 2.27. The Morgan fingerprint density at radius 1 is 1.53 bits per heavy atom. The monoisotopic (exact) mass is 277 g/mol. The van der Waals surface area contributed by atoms with E-state index in [1.807, 2.05) is 0 Å². The fraction of sp³-hybridized carbons (Fsp3) is 0.222. The van der Waals surface area contributed by atoms with E-state index >= 15 is 0 Å². The van der Waals surface area contributed by atoms with Crippen LogP contribution in [0.5, 0.6) is 5.75 Å². The standard InChI is InChI=1S/C9H12ClN3O3S/c1-16-7-3-2-6(13-9(11)5-10)4-8(7)17(12,14)15/h2-4H,5H2,1H3,(H2,11,13)(H2,12,14,15). The van der Waals surface area contributed by atoms with Gasteiger partial charge in [-0.3, -0.25) is 0 Å². The summed E-state index contributed by atoms with van der Waals surface area (Å²) in [6.07, 6.45) is 0. The largest absolute Gasteiger partial charge is 0.495 e. The van der Waals surface area contributed by atoms with E-state index in [1.165, 1.54) is 19.2 Å². The van der Waals surface area contributed by atoms with Crippen molar-refractivity contribution in [2.45, 2.75) is 4.90 Å². The second kappa shape index (κ2) is 5.35. The minimum absolute atomic E-state index is 0.0523. The third-order valence-corrected chi connectivity index (χ3v) is 3.07. The lowest BCUT2D eigenvalue weighted by Gasteiger charge is -2.07.